The Morgan fingerprint density at radius 2 is 2.00 bits per heavy atom. The molecule has 2 aliphatic rings. The van der Waals surface area contributed by atoms with Crippen molar-refractivity contribution in [3.63, 3.8) is 0 Å². The first-order valence-electron chi connectivity index (χ1n) is 5.52. The minimum absolute atomic E-state index is 0.172. The van der Waals surface area contributed by atoms with Gasteiger partial charge in [-0.1, -0.05) is 12.8 Å². The highest BCUT2D eigenvalue weighted by Gasteiger charge is 2.42. The molecule has 0 aromatic rings. The fraction of sp³-hybridized carbons (Fsp3) is 0.909. The molecule has 1 saturated heterocycles. The van der Waals surface area contributed by atoms with Gasteiger partial charge in [0.1, 0.15) is 0 Å². The average molecular weight is 181 g/mol. The van der Waals surface area contributed by atoms with E-state index in [1.807, 2.05) is 0 Å². The van der Waals surface area contributed by atoms with Gasteiger partial charge in [0.05, 0.1) is 5.54 Å². The summed E-state index contributed by atoms with van der Waals surface area (Å²) in [7, 11) is 0. The van der Waals surface area contributed by atoms with Crippen molar-refractivity contribution < 1.29 is 4.79 Å². The van der Waals surface area contributed by atoms with Crippen LogP contribution in [0, 0.1) is 5.92 Å². The monoisotopic (exact) mass is 181 g/mol. The van der Waals surface area contributed by atoms with E-state index >= 15 is 0 Å². The Morgan fingerprint density at radius 1 is 1.31 bits per heavy atom. The topological polar surface area (TPSA) is 29.1 Å². The number of hydrogen-bond acceptors (Lipinski definition) is 2. The first-order valence-corrected chi connectivity index (χ1v) is 5.52. The van der Waals surface area contributed by atoms with Crippen LogP contribution in [0.3, 0.4) is 0 Å². The third-order valence-electron chi connectivity index (χ3n) is 3.82. The van der Waals surface area contributed by atoms with Crippen LogP contribution in [0.2, 0.25) is 0 Å². The lowest BCUT2D eigenvalue weighted by molar-refractivity contribution is -0.128. The number of carbonyl (C=O) groups is 1. The maximum atomic E-state index is 11.8. The van der Waals surface area contributed by atoms with Crippen LogP contribution in [0.25, 0.3) is 0 Å². The molecule has 0 spiro atoms. The number of ketones is 1. The third kappa shape index (κ3) is 1.52. The molecule has 0 aromatic heterocycles. The Labute approximate surface area is 80.1 Å². The van der Waals surface area contributed by atoms with E-state index in [-0.39, 0.29) is 5.54 Å². The van der Waals surface area contributed by atoms with Gasteiger partial charge in [-0.3, -0.25) is 4.79 Å². The van der Waals surface area contributed by atoms with Crippen LogP contribution in [0.5, 0.6) is 0 Å². The molecule has 1 heterocycles. The predicted octanol–water partition coefficient (Wildman–Crippen LogP) is 1.89. The van der Waals surface area contributed by atoms with E-state index in [1.165, 1.54) is 25.7 Å². The number of Topliss-reactive ketones (excluding diaryl/α,β-unsaturated/α-hetero) is 1. The minimum Gasteiger partial charge on any atom is -0.305 e. The maximum absolute atomic E-state index is 11.8. The van der Waals surface area contributed by atoms with Crippen LogP contribution in [0.4, 0.5) is 0 Å². The van der Waals surface area contributed by atoms with Crippen molar-refractivity contribution in [2.45, 2.75) is 51.0 Å². The van der Waals surface area contributed by atoms with Crippen LogP contribution in [0.1, 0.15) is 45.4 Å². The smallest absolute Gasteiger partial charge is 0.152 e. The van der Waals surface area contributed by atoms with Gasteiger partial charge in [-0.15, -0.1) is 0 Å². The highest BCUT2D eigenvalue weighted by molar-refractivity contribution is 5.89. The molecular formula is C11H19NO. The van der Waals surface area contributed by atoms with Gasteiger partial charge in [0.25, 0.3) is 0 Å². The fourth-order valence-corrected chi connectivity index (χ4v) is 2.83. The maximum Gasteiger partial charge on any atom is 0.152 e. The van der Waals surface area contributed by atoms with Gasteiger partial charge in [-0.25, -0.2) is 0 Å². The predicted molar refractivity (Wildman–Crippen MR) is 52.6 cm³/mol. The molecule has 1 unspecified atom stereocenters. The second-order valence-corrected chi connectivity index (χ2v) is 4.64. The van der Waals surface area contributed by atoms with Crippen molar-refractivity contribution in [1.82, 2.24) is 5.32 Å². The molecule has 1 atom stereocenters. The molecule has 1 saturated carbocycles. The van der Waals surface area contributed by atoms with Crippen molar-refractivity contribution in [1.29, 1.82) is 0 Å². The SMILES string of the molecule is CC1(C2CCCC2)NCCCC1=O. The number of hydrogen-bond donors (Lipinski definition) is 1. The number of carbonyl (C=O) groups excluding carboxylic acids is 1. The van der Waals surface area contributed by atoms with Crippen LogP contribution in [0.15, 0.2) is 0 Å². The molecule has 2 nitrogen and oxygen atoms in total. The Bertz CT molecular complexity index is 208. The summed E-state index contributed by atoms with van der Waals surface area (Å²) >= 11 is 0. The van der Waals surface area contributed by atoms with E-state index in [4.69, 9.17) is 0 Å². The quantitative estimate of drug-likeness (QED) is 0.669. The first-order chi connectivity index (χ1) is 6.23. The van der Waals surface area contributed by atoms with Crippen LogP contribution in [-0.2, 0) is 4.79 Å². The second kappa shape index (κ2) is 3.41. The molecule has 2 heteroatoms. The summed E-state index contributed by atoms with van der Waals surface area (Å²) in [5.74, 6) is 1.06. The first kappa shape index (κ1) is 9.20. The fourth-order valence-electron chi connectivity index (χ4n) is 2.83. The zero-order valence-electron chi connectivity index (χ0n) is 8.44. The van der Waals surface area contributed by atoms with E-state index in [2.05, 4.69) is 12.2 Å². The lowest BCUT2D eigenvalue weighted by atomic mass is 9.77. The van der Waals surface area contributed by atoms with Crippen molar-refractivity contribution in [3.8, 4) is 0 Å². The number of piperidine rings is 1. The van der Waals surface area contributed by atoms with Crippen molar-refractivity contribution in [2.24, 2.45) is 5.92 Å². The van der Waals surface area contributed by atoms with Gasteiger partial charge >= 0.3 is 0 Å². The van der Waals surface area contributed by atoms with Crippen molar-refractivity contribution in [2.75, 3.05) is 6.54 Å². The lowest BCUT2D eigenvalue weighted by Crippen LogP contribution is -2.57. The van der Waals surface area contributed by atoms with Gasteiger partial charge in [-0.05, 0) is 38.6 Å². The summed E-state index contributed by atoms with van der Waals surface area (Å²) in [6, 6.07) is 0. The van der Waals surface area contributed by atoms with Crippen LogP contribution >= 0.6 is 0 Å². The number of rotatable bonds is 1. The molecule has 2 fully saturated rings. The molecular weight excluding hydrogens is 162 g/mol. The third-order valence-corrected chi connectivity index (χ3v) is 3.82. The molecule has 1 N–H and O–H groups in total. The van der Waals surface area contributed by atoms with E-state index in [0.29, 0.717) is 11.7 Å². The van der Waals surface area contributed by atoms with E-state index in [9.17, 15) is 4.79 Å². The van der Waals surface area contributed by atoms with Crippen molar-refractivity contribution >= 4 is 5.78 Å². The summed E-state index contributed by atoms with van der Waals surface area (Å²) in [5.41, 5.74) is -0.172. The van der Waals surface area contributed by atoms with Crippen LogP contribution < -0.4 is 5.32 Å². The zero-order chi connectivity index (χ0) is 9.31. The number of nitrogens with one attached hydrogen (secondary N) is 1. The molecule has 1 aliphatic heterocycles. The Hall–Kier alpha value is -0.370. The van der Waals surface area contributed by atoms with Crippen LogP contribution in [-0.4, -0.2) is 17.9 Å². The van der Waals surface area contributed by atoms with Gasteiger partial charge in [0.2, 0.25) is 0 Å². The van der Waals surface area contributed by atoms with E-state index < -0.39 is 0 Å². The Morgan fingerprint density at radius 3 is 2.62 bits per heavy atom. The highest BCUT2D eigenvalue weighted by atomic mass is 16.1. The molecule has 0 amide bonds. The minimum atomic E-state index is -0.172. The largest absolute Gasteiger partial charge is 0.305 e. The average Bonchev–Trinajstić information content (AvgIpc) is 2.63. The Kier molecular flexibility index (Phi) is 2.41. The standard InChI is InChI=1S/C11H19NO/c1-11(9-5-2-3-6-9)10(13)7-4-8-12-11/h9,12H,2-8H2,1H3. The molecule has 0 aromatic carbocycles. The molecule has 13 heavy (non-hydrogen) atoms. The Balaban J connectivity index is 2.11. The lowest BCUT2D eigenvalue weighted by Gasteiger charge is -2.38. The summed E-state index contributed by atoms with van der Waals surface area (Å²) < 4.78 is 0. The van der Waals surface area contributed by atoms with Gasteiger partial charge in [0.15, 0.2) is 5.78 Å². The van der Waals surface area contributed by atoms with Gasteiger partial charge in [0, 0.05) is 6.42 Å². The van der Waals surface area contributed by atoms with Gasteiger partial charge in [-0.2, -0.15) is 0 Å². The molecule has 0 radical (unpaired) electrons. The summed E-state index contributed by atoms with van der Waals surface area (Å²) in [4.78, 5) is 11.8. The summed E-state index contributed by atoms with van der Waals surface area (Å²) in [5, 5.41) is 3.44. The molecule has 74 valence electrons. The summed E-state index contributed by atoms with van der Waals surface area (Å²) in [6.07, 6.45) is 6.94. The van der Waals surface area contributed by atoms with Gasteiger partial charge < -0.3 is 5.32 Å². The normalized spacial score (nSPS) is 36.8. The highest BCUT2D eigenvalue weighted by Crippen LogP contribution is 2.36. The van der Waals surface area contributed by atoms with E-state index in [1.54, 1.807) is 0 Å². The summed E-state index contributed by atoms with van der Waals surface area (Å²) in [6.45, 7) is 3.14. The zero-order valence-corrected chi connectivity index (χ0v) is 8.44. The van der Waals surface area contributed by atoms with E-state index in [0.717, 1.165) is 19.4 Å². The molecule has 1 aliphatic carbocycles. The molecule has 0 bridgehead atoms. The second-order valence-electron chi connectivity index (χ2n) is 4.64. The molecule has 2 rings (SSSR count). The van der Waals surface area contributed by atoms with Crippen molar-refractivity contribution in [3.05, 3.63) is 0 Å².